The van der Waals surface area contributed by atoms with E-state index in [9.17, 15) is 4.79 Å². The minimum absolute atomic E-state index is 0.162. The van der Waals surface area contributed by atoms with E-state index in [1.165, 1.54) is 0 Å². The van der Waals surface area contributed by atoms with E-state index >= 15 is 0 Å². The van der Waals surface area contributed by atoms with Gasteiger partial charge in [0.15, 0.2) is 0 Å². The molecule has 1 amide bonds. The molecule has 4 heteroatoms. The zero-order valence-electron chi connectivity index (χ0n) is 14.9. The highest BCUT2D eigenvalue weighted by atomic mass is 16.5. The van der Waals surface area contributed by atoms with Crippen LogP contribution in [-0.4, -0.2) is 13.0 Å². The van der Waals surface area contributed by atoms with Gasteiger partial charge >= 0.3 is 0 Å². The highest BCUT2D eigenvalue weighted by molar-refractivity contribution is 6.05. The molecule has 3 aromatic rings. The standard InChI is InChI=1S/C22H21NO3/c1-16-6-5-8-20(14-16)26-19-12-10-18(11-13-19)23-22(24)21-9-4-3-7-17(21)15-25-2/h3-14H,15H2,1-2H3,(H,23,24). The third-order valence-electron chi connectivity index (χ3n) is 3.90. The Morgan fingerprint density at radius 2 is 1.69 bits per heavy atom. The summed E-state index contributed by atoms with van der Waals surface area (Å²) in [5, 5.41) is 2.91. The second-order valence-electron chi connectivity index (χ2n) is 5.99. The molecular weight excluding hydrogens is 326 g/mol. The molecule has 4 nitrogen and oxygen atoms in total. The van der Waals surface area contributed by atoms with Crippen molar-refractivity contribution in [2.45, 2.75) is 13.5 Å². The number of anilines is 1. The Bertz CT molecular complexity index is 888. The van der Waals surface area contributed by atoms with Gasteiger partial charge in [-0.2, -0.15) is 0 Å². The normalized spacial score (nSPS) is 10.4. The molecule has 132 valence electrons. The fourth-order valence-electron chi connectivity index (χ4n) is 2.64. The lowest BCUT2D eigenvalue weighted by Gasteiger charge is -2.11. The Balaban J connectivity index is 1.68. The average molecular weight is 347 g/mol. The molecule has 3 aromatic carbocycles. The zero-order chi connectivity index (χ0) is 18.4. The van der Waals surface area contributed by atoms with Crippen molar-refractivity contribution in [1.82, 2.24) is 0 Å². The lowest BCUT2D eigenvalue weighted by molar-refractivity contribution is 0.102. The van der Waals surface area contributed by atoms with Gasteiger partial charge in [-0.05, 0) is 60.5 Å². The molecule has 0 bridgehead atoms. The average Bonchev–Trinajstić information content (AvgIpc) is 2.64. The second kappa shape index (κ2) is 8.32. The van der Waals surface area contributed by atoms with E-state index in [0.29, 0.717) is 23.6 Å². The molecule has 3 rings (SSSR count). The van der Waals surface area contributed by atoms with Crippen LogP contribution >= 0.6 is 0 Å². The third-order valence-corrected chi connectivity index (χ3v) is 3.90. The lowest BCUT2D eigenvalue weighted by atomic mass is 10.1. The van der Waals surface area contributed by atoms with Crippen LogP contribution in [0.1, 0.15) is 21.5 Å². The maximum absolute atomic E-state index is 12.5. The summed E-state index contributed by atoms with van der Waals surface area (Å²) < 4.78 is 11.0. The predicted octanol–water partition coefficient (Wildman–Crippen LogP) is 5.19. The number of benzene rings is 3. The Morgan fingerprint density at radius 1 is 0.923 bits per heavy atom. The van der Waals surface area contributed by atoms with Gasteiger partial charge < -0.3 is 14.8 Å². The number of methoxy groups -OCH3 is 1. The summed E-state index contributed by atoms with van der Waals surface area (Å²) in [4.78, 5) is 12.5. The molecule has 0 saturated carbocycles. The van der Waals surface area contributed by atoms with Gasteiger partial charge in [0.2, 0.25) is 0 Å². The van der Waals surface area contributed by atoms with Crippen LogP contribution in [0.15, 0.2) is 72.8 Å². The van der Waals surface area contributed by atoms with E-state index in [1.54, 1.807) is 13.2 Å². The van der Waals surface area contributed by atoms with Gasteiger partial charge in [0.25, 0.3) is 5.91 Å². The Kier molecular flexibility index (Phi) is 5.66. The molecule has 0 unspecified atom stereocenters. The molecule has 0 radical (unpaired) electrons. The number of carbonyl (C=O) groups excluding carboxylic acids is 1. The molecule has 0 aromatic heterocycles. The summed E-state index contributed by atoms with van der Waals surface area (Å²) in [6, 6.07) is 22.6. The van der Waals surface area contributed by atoms with E-state index in [2.05, 4.69) is 5.32 Å². The van der Waals surface area contributed by atoms with E-state index in [1.807, 2.05) is 73.7 Å². The van der Waals surface area contributed by atoms with Crippen molar-refractivity contribution in [1.29, 1.82) is 0 Å². The smallest absolute Gasteiger partial charge is 0.256 e. The maximum Gasteiger partial charge on any atom is 0.256 e. The number of nitrogens with one attached hydrogen (secondary N) is 1. The van der Waals surface area contributed by atoms with Gasteiger partial charge in [-0.25, -0.2) is 0 Å². The van der Waals surface area contributed by atoms with Crippen LogP contribution in [-0.2, 0) is 11.3 Å². The summed E-state index contributed by atoms with van der Waals surface area (Å²) in [5.74, 6) is 1.34. The van der Waals surface area contributed by atoms with Gasteiger partial charge in [0, 0.05) is 18.4 Å². The van der Waals surface area contributed by atoms with Gasteiger partial charge in [0.1, 0.15) is 11.5 Å². The van der Waals surface area contributed by atoms with Gasteiger partial charge in [-0.15, -0.1) is 0 Å². The molecule has 1 N–H and O–H groups in total. The summed E-state index contributed by atoms with van der Waals surface area (Å²) >= 11 is 0. The van der Waals surface area contributed by atoms with Crippen LogP contribution in [0.3, 0.4) is 0 Å². The van der Waals surface area contributed by atoms with Crippen molar-refractivity contribution < 1.29 is 14.3 Å². The zero-order valence-corrected chi connectivity index (χ0v) is 14.9. The number of hydrogen-bond acceptors (Lipinski definition) is 3. The largest absolute Gasteiger partial charge is 0.457 e. The maximum atomic E-state index is 12.5. The van der Waals surface area contributed by atoms with Crippen molar-refractivity contribution in [3.63, 3.8) is 0 Å². The fourth-order valence-corrected chi connectivity index (χ4v) is 2.64. The molecule has 0 atom stereocenters. The summed E-state index contributed by atoms with van der Waals surface area (Å²) in [6.45, 7) is 2.42. The first-order valence-corrected chi connectivity index (χ1v) is 8.38. The van der Waals surface area contributed by atoms with E-state index in [-0.39, 0.29) is 5.91 Å². The third kappa shape index (κ3) is 4.49. The number of carbonyl (C=O) groups is 1. The first-order chi connectivity index (χ1) is 12.7. The summed E-state index contributed by atoms with van der Waals surface area (Å²) in [5.41, 5.74) is 3.31. The highest BCUT2D eigenvalue weighted by Crippen LogP contribution is 2.24. The minimum atomic E-state index is -0.162. The number of hydrogen-bond donors (Lipinski definition) is 1. The second-order valence-corrected chi connectivity index (χ2v) is 5.99. The molecule has 0 fully saturated rings. The number of amides is 1. The first-order valence-electron chi connectivity index (χ1n) is 8.38. The van der Waals surface area contributed by atoms with E-state index in [4.69, 9.17) is 9.47 Å². The summed E-state index contributed by atoms with van der Waals surface area (Å²) in [6.07, 6.45) is 0. The van der Waals surface area contributed by atoms with Gasteiger partial charge in [-0.1, -0.05) is 30.3 Å². The Labute approximate surface area is 153 Å². The van der Waals surface area contributed by atoms with Crippen LogP contribution in [0.4, 0.5) is 5.69 Å². The molecule has 0 aliphatic heterocycles. The van der Waals surface area contributed by atoms with Gasteiger partial charge in [-0.3, -0.25) is 4.79 Å². The molecule has 0 aliphatic carbocycles. The first kappa shape index (κ1) is 17.7. The minimum Gasteiger partial charge on any atom is -0.457 e. The van der Waals surface area contributed by atoms with Crippen molar-refractivity contribution in [2.75, 3.05) is 12.4 Å². The van der Waals surface area contributed by atoms with Crippen molar-refractivity contribution in [3.8, 4) is 11.5 Å². The SMILES string of the molecule is COCc1ccccc1C(=O)Nc1ccc(Oc2cccc(C)c2)cc1. The monoisotopic (exact) mass is 347 g/mol. The molecule has 26 heavy (non-hydrogen) atoms. The molecule has 0 aliphatic rings. The van der Waals surface area contributed by atoms with Gasteiger partial charge in [0.05, 0.1) is 6.61 Å². The topological polar surface area (TPSA) is 47.6 Å². The van der Waals surface area contributed by atoms with Crippen LogP contribution in [0.5, 0.6) is 11.5 Å². The Morgan fingerprint density at radius 3 is 2.42 bits per heavy atom. The van der Waals surface area contributed by atoms with E-state index < -0.39 is 0 Å². The van der Waals surface area contributed by atoms with Crippen LogP contribution in [0.25, 0.3) is 0 Å². The Hall–Kier alpha value is -3.11. The van der Waals surface area contributed by atoms with Crippen LogP contribution < -0.4 is 10.1 Å². The van der Waals surface area contributed by atoms with Crippen LogP contribution in [0.2, 0.25) is 0 Å². The number of ether oxygens (including phenoxy) is 2. The molecule has 0 spiro atoms. The van der Waals surface area contributed by atoms with Crippen LogP contribution in [0, 0.1) is 6.92 Å². The molecular formula is C22H21NO3. The van der Waals surface area contributed by atoms with Crippen molar-refractivity contribution >= 4 is 11.6 Å². The number of aryl methyl sites for hydroxylation is 1. The highest BCUT2D eigenvalue weighted by Gasteiger charge is 2.11. The van der Waals surface area contributed by atoms with Crippen molar-refractivity contribution in [3.05, 3.63) is 89.5 Å². The molecule has 0 heterocycles. The molecule has 0 saturated heterocycles. The lowest BCUT2D eigenvalue weighted by Crippen LogP contribution is -2.14. The predicted molar refractivity (Wildman–Crippen MR) is 103 cm³/mol. The number of rotatable bonds is 6. The quantitative estimate of drug-likeness (QED) is 0.668. The fraction of sp³-hybridized carbons (Fsp3) is 0.136. The van der Waals surface area contributed by atoms with E-state index in [0.717, 1.165) is 16.9 Å². The summed E-state index contributed by atoms with van der Waals surface area (Å²) in [7, 11) is 1.61. The van der Waals surface area contributed by atoms with Crippen molar-refractivity contribution in [2.24, 2.45) is 0 Å².